The van der Waals surface area contributed by atoms with Gasteiger partial charge in [-0.05, 0) is 35.7 Å². The maximum Gasteiger partial charge on any atom is 0.0511 e. The maximum atomic E-state index is 5.62. The van der Waals surface area contributed by atoms with Crippen molar-refractivity contribution in [3.63, 3.8) is 0 Å². The second kappa shape index (κ2) is 4.78. The average Bonchev–Trinajstić information content (AvgIpc) is 2.69. The fourth-order valence-corrected chi connectivity index (χ4v) is 2.89. The first-order chi connectivity index (χ1) is 7.72. The summed E-state index contributed by atoms with van der Waals surface area (Å²) in [6.45, 7) is 5.97. The molecule has 1 unspecified atom stereocenters. The fraction of sp³-hybridized carbons (Fsp3) is 0.231. The van der Waals surface area contributed by atoms with Gasteiger partial charge in [-0.1, -0.05) is 23.8 Å². The van der Waals surface area contributed by atoms with Crippen LogP contribution in [0.5, 0.6) is 0 Å². The molecule has 2 nitrogen and oxygen atoms in total. The Hall–Kier alpha value is -1.16. The number of hydrazine groups is 1. The van der Waals surface area contributed by atoms with E-state index >= 15 is 0 Å². The molecule has 1 aromatic heterocycles. The van der Waals surface area contributed by atoms with Crippen LogP contribution in [0.3, 0.4) is 0 Å². The second-order valence-corrected chi connectivity index (χ2v) is 4.98. The molecule has 0 aliphatic carbocycles. The Morgan fingerprint density at radius 3 is 2.94 bits per heavy atom. The van der Waals surface area contributed by atoms with Gasteiger partial charge in [-0.3, -0.25) is 11.3 Å². The number of nitrogens with one attached hydrogen (secondary N) is 1. The molecule has 1 aromatic carbocycles. The van der Waals surface area contributed by atoms with Gasteiger partial charge in [-0.15, -0.1) is 17.9 Å². The average molecular weight is 232 g/mol. The Bertz CT molecular complexity index is 501. The van der Waals surface area contributed by atoms with E-state index in [9.17, 15) is 0 Å². The minimum Gasteiger partial charge on any atom is -0.271 e. The minimum absolute atomic E-state index is 0.161. The molecular formula is C13H16N2S. The molecular weight excluding hydrogens is 216 g/mol. The Kier molecular flexibility index (Phi) is 3.39. The predicted molar refractivity (Wildman–Crippen MR) is 71.3 cm³/mol. The number of benzene rings is 1. The molecule has 3 heteroatoms. The number of nitrogens with two attached hydrogens (primary N) is 1. The lowest BCUT2D eigenvalue weighted by atomic mass is 10.0. The van der Waals surface area contributed by atoms with Crippen LogP contribution in [0, 0.1) is 0 Å². The van der Waals surface area contributed by atoms with E-state index in [1.165, 1.54) is 15.6 Å². The predicted octanol–water partition coefficient (Wildman–Crippen LogP) is 3.37. The van der Waals surface area contributed by atoms with Gasteiger partial charge in [0.1, 0.15) is 0 Å². The molecule has 0 aliphatic rings. The van der Waals surface area contributed by atoms with Crippen molar-refractivity contribution in [2.45, 2.75) is 19.4 Å². The van der Waals surface area contributed by atoms with Gasteiger partial charge >= 0.3 is 0 Å². The molecule has 0 spiro atoms. The van der Waals surface area contributed by atoms with Crippen molar-refractivity contribution in [3.8, 4) is 0 Å². The van der Waals surface area contributed by atoms with Gasteiger partial charge in [0.2, 0.25) is 0 Å². The molecule has 2 aromatic rings. The van der Waals surface area contributed by atoms with Gasteiger partial charge in [0.25, 0.3) is 0 Å². The molecule has 1 atom stereocenters. The van der Waals surface area contributed by atoms with E-state index in [2.05, 4.69) is 41.7 Å². The topological polar surface area (TPSA) is 38.0 Å². The molecule has 0 fully saturated rings. The summed E-state index contributed by atoms with van der Waals surface area (Å²) in [5, 5.41) is 3.47. The number of hydrogen-bond acceptors (Lipinski definition) is 3. The summed E-state index contributed by atoms with van der Waals surface area (Å²) in [5.41, 5.74) is 5.28. The Morgan fingerprint density at radius 2 is 2.25 bits per heavy atom. The van der Waals surface area contributed by atoms with Gasteiger partial charge in [-0.2, -0.15) is 0 Å². The van der Waals surface area contributed by atoms with Crippen LogP contribution in [0.2, 0.25) is 0 Å². The van der Waals surface area contributed by atoms with Crippen molar-refractivity contribution < 1.29 is 0 Å². The molecule has 1 heterocycles. The number of hydrogen-bond donors (Lipinski definition) is 2. The highest BCUT2D eigenvalue weighted by atomic mass is 32.1. The third kappa shape index (κ3) is 2.16. The summed E-state index contributed by atoms with van der Waals surface area (Å²) in [6.07, 6.45) is 0.872. The van der Waals surface area contributed by atoms with Crippen LogP contribution in [0.4, 0.5) is 0 Å². The molecule has 0 amide bonds. The van der Waals surface area contributed by atoms with E-state index in [-0.39, 0.29) is 6.04 Å². The number of rotatable bonds is 4. The van der Waals surface area contributed by atoms with Crippen molar-refractivity contribution in [2.75, 3.05) is 0 Å². The van der Waals surface area contributed by atoms with E-state index in [1.807, 2.05) is 6.92 Å². The highest BCUT2D eigenvalue weighted by molar-refractivity contribution is 7.17. The Labute approximate surface area is 99.7 Å². The molecule has 0 saturated carbocycles. The fourth-order valence-electron chi connectivity index (χ4n) is 1.88. The monoisotopic (exact) mass is 232 g/mol. The third-order valence-electron chi connectivity index (χ3n) is 2.64. The first-order valence-corrected chi connectivity index (χ1v) is 6.17. The zero-order chi connectivity index (χ0) is 11.5. The summed E-state index contributed by atoms with van der Waals surface area (Å²) >= 11 is 1.76. The van der Waals surface area contributed by atoms with E-state index in [0.29, 0.717) is 0 Å². The molecule has 0 aliphatic heterocycles. The molecule has 3 N–H and O–H groups in total. The quantitative estimate of drug-likeness (QED) is 0.482. The summed E-state index contributed by atoms with van der Waals surface area (Å²) in [5.74, 6) is 5.62. The lowest BCUT2D eigenvalue weighted by Crippen LogP contribution is -2.27. The van der Waals surface area contributed by atoms with Gasteiger partial charge in [0.15, 0.2) is 0 Å². The summed E-state index contributed by atoms with van der Waals surface area (Å²) in [4.78, 5) is 0. The summed E-state index contributed by atoms with van der Waals surface area (Å²) < 4.78 is 1.31. The molecule has 0 bridgehead atoms. The van der Waals surface area contributed by atoms with Crippen LogP contribution in [0.25, 0.3) is 10.1 Å². The summed E-state index contributed by atoms with van der Waals surface area (Å²) in [7, 11) is 0. The normalized spacial score (nSPS) is 12.9. The van der Waals surface area contributed by atoms with Crippen molar-refractivity contribution >= 4 is 21.4 Å². The molecule has 84 valence electrons. The maximum absolute atomic E-state index is 5.62. The zero-order valence-corrected chi connectivity index (χ0v) is 10.2. The minimum atomic E-state index is 0.161. The smallest absolute Gasteiger partial charge is 0.0511 e. The van der Waals surface area contributed by atoms with Crippen LogP contribution >= 0.6 is 11.3 Å². The van der Waals surface area contributed by atoms with Crippen LogP contribution in [-0.4, -0.2) is 0 Å². The molecule has 16 heavy (non-hydrogen) atoms. The second-order valence-electron chi connectivity index (χ2n) is 4.07. The lowest BCUT2D eigenvalue weighted by molar-refractivity contribution is 0.555. The Morgan fingerprint density at radius 1 is 1.50 bits per heavy atom. The van der Waals surface area contributed by atoms with Crippen LogP contribution in [0.15, 0.2) is 41.8 Å². The van der Waals surface area contributed by atoms with Crippen LogP contribution in [0.1, 0.15) is 24.9 Å². The van der Waals surface area contributed by atoms with Crippen molar-refractivity contribution in [3.05, 3.63) is 47.4 Å². The van der Waals surface area contributed by atoms with E-state index in [4.69, 9.17) is 5.84 Å². The van der Waals surface area contributed by atoms with E-state index in [0.717, 1.165) is 12.0 Å². The van der Waals surface area contributed by atoms with Crippen LogP contribution in [-0.2, 0) is 0 Å². The largest absolute Gasteiger partial charge is 0.271 e. The van der Waals surface area contributed by atoms with E-state index in [1.54, 1.807) is 11.3 Å². The van der Waals surface area contributed by atoms with Gasteiger partial charge in [0, 0.05) is 4.70 Å². The first kappa shape index (κ1) is 11.3. The highest BCUT2D eigenvalue weighted by Crippen LogP contribution is 2.32. The lowest BCUT2D eigenvalue weighted by Gasteiger charge is -2.15. The van der Waals surface area contributed by atoms with Gasteiger partial charge in [-0.25, -0.2) is 0 Å². The standard InChI is InChI=1S/C13H16N2S/c1-9(2)7-12(15-14)11-8-16-13-6-4-3-5-10(11)13/h3-6,8,12,15H,1,7,14H2,2H3. The number of thiophene rings is 1. The van der Waals surface area contributed by atoms with Crippen molar-refractivity contribution in [1.29, 1.82) is 0 Å². The third-order valence-corrected chi connectivity index (χ3v) is 3.62. The molecule has 0 saturated heterocycles. The van der Waals surface area contributed by atoms with Gasteiger partial charge in [0.05, 0.1) is 6.04 Å². The first-order valence-electron chi connectivity index (χ1n) is 5.29. The van der Waals surface area contributed by atoms with Crippen molar-refractivity contribution in [1.82, 2.24) is 5.43 Å². The Balaban J connectivity index is 2.41. The molecule has 0 radical (unpaired) electrons. The van der Waals surface area contributed by atoms with Crippen molar-refractivity contribution in [2.24, 2.45) is 5.84 Å². The SMILES string of the molecule is C=C(C)CC(NN)c1csc2ccccc12. The highest BCUT2D eigenvalue weighted by Gasteiger charge is 2.14. The zero-order valence-electron chi connectivity index (χ0n) is 9.36. The van der Waals surface area contributed by atoms with E-state index < -0.39 is 0 Å². The van der Waals surface area contributed by atoms with Gasteiger partial charge < -0.3 is 0 Å². The van der Waals surface area contributed by atoms with Crippen LogP contribution < -0.4 is 11.3 Å². The number of fused-ring (bicyclic) bond motifs is 1. The summed E-state index contributed by atoms with van der Waals surface area (Å²) in [6, 6.07) is 8.56. The molecule has 2 rings (SSSR count).